The Morgan fingerprint density at radius 2 is 1.71 bits per heavy atom. The molecule has 1 atom stereocenters. The summed E-state index contributed by atoms with van der Waals surface area (Å²) in [6, 6.07) is 14.9. The van der Waals surface area contributed by atoms with Crippen LogP contribution in [0.5, 0.6) is 0 Å². The number of amides is 1. The van der Waals surface area contributed by atoms with Gasteiger partial charge < -0.3 is 24.5 Å². The van der Waals surface area contributed by atoms with E-state index < -0.39 is 18.1 Å². The van der Waals surface area contributed by atoms with Crippen LogP contribution in [-0.2, 0) is 27.4 Å². The Kier molecular flexibility index (Phi) is 6.70. The molecule has 8 heteroatoms. The van der Waals surface area contributed by atoms with Crippen molar-refractivity contribution in [3.05, 3.63) is 77.9 Å². The number of nitrogens with one attached hydrogen (secondary N) is 1. The first-order chi connectivity index (χ1) is 16.2. The van der Waals surface area contributed by atoms with Gasteiger partial charge in [0.1, 0.15) is 19.4 Å². The van der Waals surface area contributed by atoms with E-state index >= 15 is 0 Å². The van der Waals surface area contributed by atoms with E-state index in [4.69, 9.17) is 9.47 Å². The summed E-state index contributed by atoms with van der Waals surface area (Å²) in [6.07, 6.45) is 2.54. The van der Waals surface area contributed by atoms with Crippen LogP contribution in [0.1, 0.15) is 43.5 Å². The first kappa shape index (κ1) is 23.5. The Labute approximate surface area is 198 Å². The average molecular weight is 464 g/mol. The second kappa shape index (κ2) is 9.69. The molecule has 0 saturated carbocycles. The smallest absolute Gasteiger partial charge is 0.407 e. The Morgan fingerprint density at radius 1 is 1.09 bits per heavy atom. The number of carboxylic acids is 1. The van der Waals surface area contributed by atoms with E-state index in [9.17, 15) is 14.7 Å². The van der Waals surface area contributed by atoms with Gasteiger partial charge >= 0.3 is 12.1 Å². The van der Waals surface area contributed by atoms with Crippen molar-refractivity contribution in [2.45, 2.75) is 51.5 Å². The predicted octanol–water partition coefficient (Wildman–Crippen LogP) is 4.19. The number of benzene rings is 2. The zero-order valence-electron chi connectivity index (χ0n) is 19.5. The molecule has 1 heterocycles. The fourth-order valence-corrected chi connectivity index (χ4v) is 4.04. The molecule has 1 amide bonds. The van der Waals surface area contributed by atoms with Crippen LogP contribution in [0.3, 0.4) is 0 Å². The van der Waals surface area contributed by atoms with E-state index in [1.54, 1.807) is 17.1 Å². The number of fused-ring (bicyclic) bond motifs is 3. The van der Waals surface area contributed by atoms with Crippen molar-refractivity contribution in [2.24, 2.45) is 0 Å². The van der Waals surface area contributed by atoms with Gasteiger partial charge in [0.2, 0.25) is 0 Å². The molecule has 2 aromatic carbocycles. The van der Waals surface area contributed by atoms with Gasteiger partial charge in [-0.1, -0.05) is 48.5 Å². The number of hydrogen-bond donors (Lipinski definition) is 2. The lowest BCUT2D eigenvalue weighted by Crippen LogP contribution is -2.43. The number of aliphatic carboxylic acids is 1. The molecule has 8 nitrogen and oxygen atoms in total. The molecule has 178 valence electrons. The summed E-state index contributed by atoms with van der Waals surface area (Å²) < 4.78 is 12.9. The first-order valence-corrected chi connectivity index (χ1v) is 11.2. The third kappa shape index (κ3) is 5.46. The molecule has 2 N–H and O–H groups in total. The highest BCUT2D eigenvalue weighted by molar-refractivity contribution is 5.81. The summed E-state index contributed by atoms with van der Waals surface area (Å²) in [4.78, 5) is 28.5. The van der Waals surface area contributed by atoms with Crippen molar-refractivity contribution in [2.75, 3.05) is 6.61 Å². The van der Waals surface area contributed by atoms with Crippen molar-refractivity contribution in [1.82, 2.24) is 14.9 Å². The molecule has 0 radical (unpaired) electrons. The average Bonchev–Trinajstić information content (AvgIpc) is 3.37. The van der Waals surface area contributed by atoms with Crippen LogP contribution in [0.2, 0.25) is 0 Å². The van der Waals surface area contributed by atoms with Crippen molar-refractivity contribution in [3.8, 4) is 11.1 Å². The van der Waals surface area contributed by atoms with Gasteiger partial charge in [-0.3, -0.25) is 0 Å². The molecule has 0 aliphatic heterocycles. The Morgan fingerprint density at radius 3 is 2.29 bits per heavy atom. The third-order valence-electron chi connectivity index (χ3n) is 5.68. The molecule has 0 fully saturated rings. The SMILES string of the molecule is CC(C)(C)OCn1cnc(C[C@H](NC(=O)OCC2c3ccccc3-c3ccccc32)C(=O)O)c1. The van der Waals surface area contributed by atoms with Crippen molar-refractivity contribution in [1.29, 1.82) is 0 Å². The maximum atomic E-state index is 12.5. The van der Waals surface area contributed by atoms with Gasteiger partial charge in [-0.25, -0.2) is 14.6 Å². The minimum Gasteiger partial charge on any atom is -0.480 e. The number of carbonyl (C=O) groups is 2. The molecule has 4 rings (SSSR count). The lowest BCUT2D eigenvalue weighted by molar-refractivity contribution is -0.139. The van der Waals surface area contributed by atoms with E-state index in [1.165, 1.54) is 0 Å². The van der Waals surface area contributed by atoms with Crippen molar-refractivity contribution in [3.63, 3.8) is 0 Å². The van der Waals surface area contributed by atoms with Gasteiger partial charge in [0.05, 0.1) is 17.6 Å². The van der Waals surface area contributed by atoms with Crippen LogP contribution in [0.4, 0.5) is 4.79 Å². The summed E-state index contributed by atoms with van der Waals surface area (Å²) in [5, 5.41) is 12.1. The maximum Gasteiger partial charge on any atom is 0.407 e. The molecule has 1 aromatic heterocycles. The number of hydrogen-bond acceptors (Lipinski definition) is 5. The highest BCUT2D eigenvalue weighted by Crippen LogP contribution is 2.44. The molecular weight excluding hydrogens is 434 g/mol. The molecule has 0 saturated heterocycles. The number of carboxylic acid groups (broad SMARTS) is 1. The van der Waals surface area contributed by atoms with Gasteiger partial charge in [0, 0.05) is 18.5 Å². The summed E-state index contributed by atoms with van der Waals surface area (Å²) >= 11 is 0. The number of ether oxygens (including phenoxy) is 2. The monoisotopic (exact) mass is 463 g/mol. The molecule has 0 spiro atoms. The van der Waals surface area contributed by atoms with Gasteiger partial charge in [-0.05, 0) is 43.0 Å². The number of alkyl carbamates (subject to hydrolysis) is 1. The molecule has 1 aliphatic rings. The first-order valence-electron chi connectivity index (χ1n) is 11.2. The lowest BCUT2D eigenvalue weighted by atomic mass is 9.98. The van der Waals surface area contributed by atoms with Crippen molar-refractivity contribution < 1.29 is 24.2 Å². The van der Waals surface area contributed by atoms with Crippen LogP contribution in [0.15, 0.2) is 61.1 Å². The highest BCUT2D eigenvalue weighted by Gasteiger charge is 2.30. The van der Waals surface area contributed by atoms with Crippen molar-refractivity contribution >= 4 is 12.1 Å². The summed E-state index contributed by atoms with van der Waals surface area (Å²) in [5.41, 5.74) is 4.66. The van der Waals surface area contributed by atoms with E-state index in [0.717, 1.165) is 22.3 Å². The van der Waals surface area contributed by atoms with Gasteiger partial charge in [-0.15, -0.1) is 0 Å². The summed E-state index contributed by atoms with van der Waals surface area (Å²) in [7, 11) is 0. The number of carbonyl (C=O) groups excluding carboxylic acids is 1. The normalized spacial score (nSPS) is 13.7. The quantitative estimate of drug-likeness (QED) is 0.519. The zero-order chi connectivity index (χ0) is 24.3. The minimum absolute atomic E-state index is 0.0298. The standard InChI is InChI=1S/C26H29N3O5/c1-26(2,3)34-16-29-13-17(27-15-29)12-23(24(30)31)28-25(32)33-14-22-20-10-6-4-8-18(20)19-9-5-7-11-21(19)22/h4-11,13,15,22-23H,12,14,16H2,1-3H3,(H,28,32)(H,30,31)/t23-/m0/s1. The molecule has 1 aliphatic carbocycles. The molecular formula is C26H29N3O5. The van der Waals surface area contributed by atoms with Gasteiger partial charge in [-0.2, -0.15) is 0 Å². The van der Waals surface area contributed by atoms with E-state index in [-0.39, 0.29) is 24.5 Å². The number of aromatic nitrogens is 2. The molecule has 0 bridgehead atoms. The Balaban J connectivity index is 1.36. The highest BCUT2D eigenvalue weighted by atomic mass is 16.5. The molecule has 3 aromatic rings. The lowest BCUT2D eigenvalue weighted by Gasteiger charge is -2.19. The van der Waals surface area contributed by atoms with Crippen LogP contribution < -0.4 is 5.32 Å². The Bertz CT molecular complexity index is 1140. The minimum atomic E-state index is -1.16. The van der Waals surface area contributed by atoms with Crippen LogP contribution >= 0.6 is 0 Å². The third-order valence-corrected chi connectivity index (χ3v) is 5.68. The fraction of sp³-hybridized carbons (Fsp3) is 0.346. The summed E-state index contributed by atoms with van der Waals surface area (Å²) in [6.45, 7) is 6.26. The second-order valence-electron chi connectivity index (χ2n) is 9.33. The number of nitrogens with zero attached hydrogens (tertiary/aromatic N) is 2. The van der Waals surface area contributed by atoms with E-state index in [0.29, 0.717) is 12.4 Å². The van der Waals surface area contributed by atoms with Crippen LogP contribution in [0, 0.1) is 0 Å². The predicted molar refractivity (Wildman–Crippen MR) is 126 cm³/mol. The van der Waals surface area contributed by atoms with Gasteiger partial charge in [0.15, 0.2) is 0 Å². The fourth-order valence-electron chi connectivity index (χ4n) is 4.04. The molecule has 0 unspecified atom stereocenters. The second-order valence-corrected chi connectivity index (χ2v) is 9.33. The Hall–Kier alpha value is -3.65. The molecule has 34 heavy (non-hydrogen) atoms. The maximum absolute atomic E-state index is 12.5. The summed E-state index contributed by atoms with van der Waals surface area (Å²) in [5.74, 6) is -1.26. The number of rotatable bonds is 8. The largest absolute Gasteiger partial charge is 0.480 e. The van der Waals surface area contributed by atoms with Crippen LogP contribution in [-0.4, -0.2) is 45.0 Å². The zero-order valence-corrected chi connectivity index (χ0v) is 19.5. The van der Waals surface area contributed by atoms with E-state index in [2.05, 4.69) is 22.4 Å². The topological polar surface area (TPSA) is 103 Å². The van der Waals surface area contributed by atoms with Gasteiger partial charge in [0.25, 0.3) is 0 Å². The van der Waals surface area contributed by atoms with E-state index in [1.807, 2.05) is 57.2 Å². The number of imidazole rings is 1. The van der Waals surface area contributed by atoms with Crippen LogP contribution in [0.25, 0.3) is 11.1 Å².